The number of hydrogen-bond donors (Lipinski definition) is 1. The van der Waals surface area contributed by atoms with Gasteiger partial charge in [-0.15, -0.1) is 0 Å². The van der Waals surface area contributed by atoms with Gasteiger partial charge in [-0.05, 0) is 19.1 Å². The number of anilines is 2. The number of alkyl halides is 2. The van der Waals surface area contributed by atoms with Crippen LogP contribution in [0.4, 0.5) is 29.1 Å². The summed E-state index contributed by atoms with van der Waals surface area (Å²) in [5.74, 6) is -1.42. The molecule has 2 rings (SSSR count). The van der Waals surface area contributed by atoms with Gasteiger partial charge in [-0.1, -0.05) is 0 Å². The predicted molar refractivity (Wildman–Crippen MR) is 61.4 cm³/mol. The van der Waals surface area contributed by atoms with E-state index >= 15 is 0 Å². The summed E-state index contributed by atoms with van der Waals surface area (Å²) < 4.78 is 51.2. The molecule has 0 fully saturated rings. The van der Waals surface area contributed by atoms with Crippen LogP contribution >= 0.6 is 0 Å². The fourth-order valence-corrected chi connectivity index (χ4v) is 1.50. The summed E-state index contributed by atoms with van der Waals surface area (Å²) in [6.45, 7) is 1.44. The van der Waals surface area contributed by atoms with Gasteiger partial charge in [-0.2, -0.15) is 0 Å². The molecule has 0 aliphatic heterocycles. The number of halogens is 4. The van der Waals surface area contributed by atoms with E-state index in [1.807, 2.05) is 0 Å². The highest BCUT2D eigenvalue weighted by atomic mass is 19.3. The molecule has 0 aliphatic rings. The highest BCUT2D eigenvalue weighted by Crippen LogP contribution is 2.23. The average molecular weight is 271 g/mol. The topological polar surface area (TPSA) is 37.8 Å². The molecule has 0 aliphatic carbocycles. The summed E-state index contributed by atoms with van der Waals surface area (Å²) in [4.78, 5) is 7.42. The predicted octanol–water partition coefficient (Wildman–Crippen LogP) is 3.74. The van der Waals surface area contributed by atoms with Crippen LogP contribution in [0.5, 0.6) is 0 Å². The summed E-state index contributed by atoms with van der Waals surface area (Å²) in [6, 6.07) is 3.91. The van der Waals surface area contributed by atoms with Crippen LogP contribution in [0.25, 0.3) is 0 Å². The molecule has 0 saturated heterocycles. The van der Waals surface area contributed by atoms with E-state index < -0.39 is 23.8 Å². The van der Waals surface area contributed by atoms with Crippen molar-refractivity contribution >= 4 is 11.5 Å². The van der Waals surface area contributed by atoms with Gasteiger partial charge in [0.2, 0.25) is 0 Å². The maximum Gasteiger partial charge on any atom is 0.280 e. The maximum atomic E-state index is 13.4. The van der Waals surface area contributed by atoms with Crippen molar-refractivity contribution in [3.63, 3.8) is 0 Å². The standard InChI is InChI=1S/C12H9F4N3/c1-6-17-10(12(15)16)5-11(18-6)19-9-3-2-7(13)4-8(9)14/h2-5,12H,1H3,(H,17,18,19). The number of hydrogen-bond acceptors (Lipinski definition) is 3. The summed E-state index contributed by atoms with van der Waals surface area (Å²) >= 11 is 0. The lowest BCUT2D eigenvalue weighted by molar-refractivity contribution is 0.145. The van der Waals surface area contributed by atoms with E-state index in [-0.39, 0.29) is 17.3 Å². The molecule has 0 radical (unpaired) electrons. The number of aromatic nitrogens is 2. The third-order valence-corrected chi connectivity index (χ3v) is 2.28. The van der Waals surface area contributed by atoms with Crippen LogP contribution in [0.1, 0.15) is 17.9 Å². The molecule has 19 heavy (non-hydrogen) atoms. The van der Waals surface area contributed by atoms with Crippen LogP contribution in [0.3, 0.4) is 0 Å². The Kier molecular flexibility index (Phi) is 3.64. The Morgan fingerprint density at radius 3 is 2.47 bits per heavy atom. The van der Waals surface area contributed by atoms with Crippen LogP contribution in [-0.4, -0.2) is 9.97 Å². The van der Waals surface area contributed by atoms with Crippen LogP contribution < -0.4 is 5.32 Å². The summed E-state index contributed by atoms with van der Waals surface area (Å²) in [5, 5.41) is 2.51. The van der Waals surface area contributed by atoms with Crippen molar-refractivity contribution in [2.45, 2.75) is 13.3 Å². The molecule has 2 aromatic rings. The zero-order valence-electron chi connectivity index (χ0n) is 9.79. The van der Waals surface area contributed by atoms with Crippen molar-refractivity contribution in [2.24, 2.45) is 0 Å². The minimum Gasteiger partial charge on any atom is -0.338 e. The summed E-state index contributed by atoms with van der Waals surface area (Å²) in [6.07, 6.45) is -2.75. The van der Waals surface area contributed by atoms with Crippen molar-refractivity contribution in [1.82, 2.24) is 9.97 Å². The van der Waals surface area contributed by atoms with E-state index in [1.54, 1.807) is 0 Å². The van der Waals surface area contributed by atoms with E-state index in [0.717, 1.165) is 18.2 Å². The smallest absolute Gasteiger partial charge is 0.280 e. The van der Waals surface area contributed by atoms with Crippen LogP contribution in [0.15, 0.2) is 24.3 Å². The van der Waals surface area contributed by atoms with Gasteiger partial charge in [0, 0.05) is 12.1 Å². The molecular formula is C12H9F4N3. The fraction of sp³-hybridized carbons (Fsp3) is 0.167. The largest absolute Gasteiger partial charge is 0.338 e. The Hall–Kier alpha value is -2.18. The van der Waals surface area contributed by atoms with E-state index in [9.17, 15) is 17.6 Å². The quantitative estimate of drug-likeness (QED) is 0.864. The third kappa shape index (κ3) is 3.18. The lowest BCUT2D eigenvalue weighted by atomic mass is 10.3. The van der Waals surface area contributed by atoms with Crippen molar-refractivity contribution in [3.05, 3.63) is 47.4 Å². The summed E-state index contributed by atoms with van der Waals surface area (Å²) in [7, 11) is 0. The van der Waals surface area contributed by atoms with Crippen molar-refractivity contribution in [3.8, 4) is 0 Å². The molecule has 0 spiro atoms. The number of rotatable bonds is 3. The van der Waals surface area contributed by atoms with Crippen LogP contribution in [0, 0.1) is 18.6 Å². The zero-order valence-corrected chi connectivity index (χ0v) is 9.79. The van der Waals surface area contributed by atoms with Crippen molar-refractivity contribution < 1.29 is 17.6 Å². The van der Waals surface area contributed by atoms with E-state index in [0.29, 0.717) is 6.07 Å². The second-order valence-corrected chi connectivity index (χ2v) is 3.78. The molecule has 7 heteroatoms. The maximum absolute atomic E-state index is 13.4. The number of aryl methyl sites for hydroxylation is 1. The number of nitrogens with one attached hydrogen (secondary N) is 1. The first-order valence-electron chi connectivity index (χ1n) is 5.31. The molecule has 1 aromatic heterocycles. The molecule has 0 bridgehead atoms. The van der Waals surface area contributed by atoms with E-state index in [1.165, 1.54) is 6.92 Å². The van der Waals surface area contributed by atoms with Crippen molar-refractivity contribution in [1.29, 1.82) is 0 Å². The second-order valence-electron chi connectivity index (χ2n) is 3.78. The monoisotopic (exact) mass is 271 g/mol. The van der Waals surface area contributed by atoms with Gasteiger partial charge in [0.1, 0.15) is 29.0 Å². The molecule has 1 heterocycles. The lowest BCUT2D eigenvalue weighted by Crippen LogP contribution is -2.02. The third-order valence-electron chi connectivity index (χ3n) is 2.28. The number of benzene rings is 1. The fourth-order valence-electron chi connectivity index (χ4n) is 1.50. The molecule has 0 unspecified atom stereocenters. The Bertz CT molecular complexity index is 602. The first kappa shape index (κ1) is 13.3. The second kappa shape index (κ2) is 5.21. The molecule has 0 saturated carbocycles. The Morgan fingerprint density at radius 2 is 1.84 bits per heavy atom. The SMILES string of the molecule is Cc1nc(Nc2ccc(F)cc2F)cc(C(F)F)n1. The van der Waals surface area contributed by atoms with E-state index in [2.05, 4.69) is 15.3 Å². The normalized spacial score (nSPS) is 10.8. The van der Waals surface area contributed by atoms with Gasteiger partial charge in [0.25, 0.3) is 6.43 Å². The first-order chi connectivity index (χ1) is 8.95. The lowest BCUT2D eigenvalue weighted by Gasteiger charge is -2.09. The molecule has 3 nitrogen and oxygen atoms in total. The first-order valence-corrected chi connectivity index (χ1v) is 5.31. The van der Waals surface area contributed by atoms with Gasteiger partial charge in [-0.3, -0.25) is 0 Å². The Morgan fingerprint density at radius 1 is 1.11 bits per heavy atom. The van der Waals surface area contributed by atoms with Crippen LogP contribution in [-0.2, 0) is 0 Å². The molecule has 0 atom stereocenters. The number of nitrogens with zero attached hydrogens (tertiary/aromatic N) is 2. The molecule has 0 amide bonds. The Balaban J connectivity index is 2.32. The van der Waals surface area contributed by atoms with Crippen molar-refractivity contribution in [2.75, 3.05) is 5.32 Å². The highest BCUT2D eigenvalue weighted by molar-refractivity contribution is 5.57. The minimum atomic E-state index is -2.75. The van der Waals surface area contributed by atoms with Gasteiger partial charge < -0.3 is 5.32 Å². The average Bonchev–Trinajstić information content (AvgIpc) is 2.32. The van der Waals surface area contributed by atoms with Crippen LogP contribution in [0.2, 0.25) is 0 Å². The highest BCUT2D eigenvalue weighted by Gasteiger charge is 2.12. The molecule has 1 aromatic carbocycles. The summed E-state index contributed by atoms with van der Waals surface area (Å²) in [5.41, 5.74) is -0.516. The molecule has 1 N–H and O–H groups in total. The van der Waals surface area contributed by atoms with Gasteiger partial charge >= 0.3 is 0 Å². The van der Waals surface area contributed by atoms with Gasteiger partial charge in [0.15, 0.2) is 0 Å². The van der Waals surface area contributed by atoms with Gasteiger partial charge in [0.05, 0.1) is 5.69 Å². The van der Waals surface area contributed by atoms with Gasteiger partial charge in [-0.25, -0.2) is 27.5 Å². The molecule has 100 valence electrons. The van der Waals surface area contributed by atoms with E-state index in [4.69, 9.17) is 0 Å². The zero-order chi connectivity index (χ0) is 14.0. The minimum absolute atomic E-state index is 0.0216. The Labute approximate surface area is 106 Å². The molecular weight excluding hydrogens is 262 g/mol.